The van der Waals surface area contributed by atoms with E-state index in [1.54, 1.807) is 15.9 Å². The summed E-state index contributed by atoms with van der Waals surface area (Å²) in [6, 6.07) is 0. The second-order valence-corrected chi connectivity index (χ2v) is 0. The molecule has 0 aliphatic heterocycles. The van der Waals surface area contributed by atoms with Crippen LogP contribution in [0.4, 0.5) is 0 Å². The van der Waals surface area contributed by atoms with Crippen LogP contribution in [-0.2, 0) is 19.8 Å². The predicted molar refractivity (Wildman–Crippen MR) is 2.91 cm³/mol. The minimum absolute atomic E-state index is 0. The third kappa shape index (κ3) is 9.07. The van der Waals surface area contributed by atoms with Crippen molar-refractivity contribution in [2.24, 2.45) is 0 Å². The Balaban J connectivity index is -0.000000000833. The van der Waals surface area contributed by atoms with Gasteiger partial charge in [0.25, 0.3) is 0 Å². The van der Waals surface area contributed by atoms with E-state index in [1.807, 2.05) is 0 Å². The first-order valence-electron chi connectivity index (χ1n) is 0.154. The Labute approximate surface area is 70.4 Å². The van der Waals surface area contributed by atoms with E-state index in [1.165, 1.54) is 0 Å². The summed E-state index contributed by atoms with van der Waals surface area (Å²) in [5, 5.41) is 0. The van der Waals surface area contributed by atoms with Crippen LogP contribution in [0.2, 0.25) is 0 Å². The second kappa shape index (κ2) is 20.5. The van der Waals surface area contributed by atoms with Gasteiger partial charge >= 0.3 is 68.2 Å². The summed E-state index contributed by atoms with van der Waals surface area (Å²) >= 11 is 1.69. The molecule has 0 aromatic carbocycles. The zero-order chi connectivity index (χ0) is 2.00. The molecule has 17 valence electrons. The van der Waals surface area contributed by atoms with Gasteiger partial charge in [0.15, 0.2) is 0 Å². The molecule has 0 heterocycles. The molecule has 4 heteroatoms. The Morgan fingerprint density at radius 3 is 1.50 bits per heavy atom. The molecule has 0 unspecified atom stereocenters. The Morgan fingerprint density at radius 1 is 1.50 bits per heavy atom. The SMILES string of the molecule is [H-].[H-].[Li+].[Na+].[O]=[Mn]. The van der Waals surface area contributed by atoms with Gasteiger partial charge < -0.3 is 2.85 Å². The number of hydrogen-bond acceptors (Lipinski definition) is 1. The molecule has 0 radical (unpaired) electrons. The van der Waals surface area contributed by atoms with Gasteiger partial charge in [-0.15, -0.1) is 0 Å². The van der Waals surface area contributed by atoms with Crippen molar-refractivity contribution in [1.29, 1.82) is 0 Å². The predicted octanol–water partition coefficient (Wildman–Crippen LogP) is -5.89. The first kappa shape index (κ1) is 16.8. The first-order chi connectivity index (χ1) is 1.00. The Hall–Kier alpha value is 1.92. The van der Waals surface area contributed by atoms with E-state index in [0.29, 0.717) is 0 Å². The maximum absolute atomic E-state index is 8.06. The van der Waals surface area contributed by atoms with Gasteiger partial charge in [-0.2, -0.15) is 0 Å². The van der Waals surface area contributed by atoms with Crippen molar-refractivity contribution in [3.05, 3.63) is 0 Å². The van der Waals surface area contributed by atoms with Crippen LogP contribution in [0.25, 0.3) is 0 Å². The van der Waals surface area contributed by atoms with Crippen LogP contribution in [0.3, 0.4) is 0 Å². The van der Waals surface area contributed by atoms with Gasteiger partial charge in [0.2, 0.25) is 0 Å². The van der Waals surface area contributed by atoms with E-state index in [0.717, 1.165) is 0 Å². The molecule has 0 amide bonds. The fraction of sp³-hybridized carbons (Fsp3) is 0. The van der Waals surface area contributed by atoms with Crippen molar-refractivity contribution in [3.8, 4) is 0 Å². The van der Waals surface area contributed by atoms with Gasteiger partial charge in [0.1, 0.15) is 0 Å². The molecule has 0 saturated carbocycles. The molecule has 1 nitrogen and oxygen atoms in total. The summed E-state index contributed by atoms with van der Waals surface area (Å²) < 4.78 is 8.06. The molecule has 0 atom stereocenters. The van der Waals surface area contributed by atoms with Gasteiger partial charge in [-0.1, -0.05) is 0 Å². The van der Waals surface area contributed by atoms with E-state index in [9.17, 15) is 0 Å². The van der Waals surface area contributed by atoms with Crippen molar-refractivity contribution in [2.45, 2.75) is 0 Å². The molecule has 0 aromatic rings. The van der Waals surface area contributed by atoms with Gasteiger partial charge in [-0.25, -0.2) is 0 Å². The second-order valence-electron chi connectivity index (χ2n) is 0. The van der Waals surface area contributed by atoms with Gasteiger partial charge in [-0.3, -0.25) is 0 Å². The molecule has 0 aliphatic rings. The Kier molecular flexibility index (Phi) is 86.3. The van der Waals surface area contributed by atoms with Gasteiger partial charge in [0, 0.05) is 0 Å². The summed E-state index contributed by atoms with van der Waals surface area (Å²) in [6.07, 6.45) is 0. The molecule has 0 aliphatic carbocycles. The van der Waals surface area contributed by atoms with Crippen molar-refractivity contribution in [1.82, 2.24) is 0 Å². The molecule has 0 rings (SSSR count). The van der Waals surface area contributed by atoms with E-state index < -0.39 is 0 Å². The average molecular weight is 103 g/mol. The van der Waals surface area contributed by atoms with Crippen LogP contribution in [-0.4, -0.2) is 0 Å². The normalized spacial score (nSPS) is 1.00. The van der Waals surface area contributed by atoms with Crippen molar-refractivity contribution >= 4 is 0 Å². The fourth-order valence-electron chi connectivity index (χ4n) is 0. The fourth-order valence-corrected chi connectivity index (χ4v) is 0. The van der Waals surface area contributed by atoms with Gasteiger partial charge in [-0.05, 0) is 0 Å². The van der Waals surface area contributed by atoms with Crippen molar-refractivity contribution < 1.29 is 71.1 Å². The van der Waals surface area contributed by atoms with Crippen LogP contribution >= 0.6 is 0 Å². The molecular weight excluding hydrogens is 101 g/mol. The molecule has 0 saturated heterocycles. The zero-order valence-electron chi connectivity index (χ0n) is 4.79. The van der Waals surface area contributed by atoms with Crippen LogP contribution in [0.1, 0.15) is 2.85 Å². The molecule has 0 spiro atoms. The standard InChI is InChI=1S/Li.Mn.Na.O.2H/q+1;;+1;;2*-1. The molecule has 0 fully saturated rings. The minimum atomic E-state index is 0. The molecule has 0 aromatic heterocycles. The van der Waals surface area contributed by atoms with Crippen molar-refractivity contribution in [2.75, 3.05) is 0 Å². The third-order valence-electron chi connectivity index (χ3n) is 0. The van der Waals surface area contributed by atoms with Crippen LogP contribution < -0.4 is 48.4 Å². The Bertz CT molecular complexity index is 13.5. The molecular formula is H2LiMnNaO. The topological polar surface area (TPSA) is 17.1 Å². The maximum atomic E-state index is 8.06. The summed E-state index contributed by atoms with van der Waals surface area (Å²) in [6.45, 7) is 0. The quantitative estimate of drug-likeness (QED) is 0.279. The molecule has 0 N–H and O–H groups in total. The van der Waals surface area contributed by atoms with E-state index in [4.69, 9.17) is 3.83 Å². The summed E-state index contributed by atoms with van der Waals surface area (Å²) in [4.78, 5) is 0. The number of hydrogen-bond donors (Lipinski definition) is 0. The number of rotatable bonds is 0. The summed E-state index contributed by atoms with van der Waals surface area (Å²) in [5.41, 5.74) is 0. The van der Waals surface area contributed by atoms with Crippen LogP contribution in [0.5, 0.6) is 0 Å². The summed E-state index contributed by atoms with van der Waals surface area (Å²) in [7, 11) is 0. The van der Waals surface area contributed by atoms with E-state index >= 15 is 0 Å². The molecule has 4 heavy (non-hydrogen) atoms. The van der Waals surface area contributed by atoms with Gasteiger partial charge in [0.05, 0.1) is 0 Å². The van der Waals surface area contributed by atoms with E-state index in [-0.39, 0.29) is 51.3 Å². The third-order valence-corrected chi connectivity index (χ3v) is 0. The first-order valence-corrected chi connectivity index (χ1v) is 0.636. The van der Waals surface area contributed by atoms with Crippen LogP contribution in [0.15, 0.2) is 0 Å². The molecule has 0 bridgehead atoms. The average Bonchev–Trinajstić information content (AvgIpc) is 1.00. The van der Waals surface area contributed by atoms with E-state index in [2.05, 4.69) is 0 Å². The Morgan fingerprint density at radius 2 is 1.50 bits per heavy atom. The zero-order valence-corrected chi connectivity index (χ0v) is 5.97. The van der Waals surface area contributed by atoms with Crippen molar-refractivity contribution in [3.63, 3.8) is 0 Å². The van der Waals surface area contributed by atoms with Crippen LogP contribution in [0, 0.1) is 0 Å². The summed E-state index contributed by atoms with van der Waals surface area (Å²) in [5.74, 6) is 0. The monoisotopic (exact) mass is 103 g/mol.